The van der Waals surface area contributed by atoms with Crippen LogP contribution in [-0.4, -0.2) is 30.6 Å². The van der Waals surface area contributed by atoms with Crippen LogP contribution in [-0.2, 0) is 4.79 Å². The third-order valence-corrected chi connectivity index (χ3v) is 1.99. The fourth-order valence-electron chi connectivity index (χ4n) is 1.31. The van der Waals surface area contributed by atoms with E-state index in [1.54, 1.807) is 0 Å². The van der Waals surface area contributed by atoms with E-state index in [9.17, 15) is 4.79 Å². The molecule has 3 nitrogen and oxygen atoms in total. The highest BCUT2D eigenvalue weighted by Gasteiger charge is 2.05. The summed E-state index contributed by atoms with van der Waals surface area (Å²) in [5.74, 6) is 0. The Bertz CT molecular complexity index is 151. The van der Waals surface area contributed by atoms with Crippen LogP contribution in [0.1, 0.15) is 32.1 Å². The fraction of sp³-hybridized carbons (Fsp3) is 0.778. The molecule has 0 N–H and O–H groups in total. The molecule has 0 aromatic heterocycles. The summed E-state index contributed by atoms with van der Waals surface area (Å²) >= 11 is 0. The van der Waals surface area contributed by atoms with E-state index in [0.29, 0.717) is 6.42 Å². The predicted molar refractivity (Wildman–Crippen MR) is 49.2 cm³/mol. The van der Waals surface area contributed by atoms with Gasteiger partial charge >= 0.3 is 0 Å². The summed E-state index contributed by atoms with van der Waals surface area (Å²) in [7, 11) is 0. The van der Waals surface area contributed by atoms with Crippen LogP contribution in [0.15, 0.2) is 5.10 Å². The molecule has 0 aliphatic carbocycles. The number of rotatable bonds is 4. The molecule has 3 heteroatoms. The van der Waals surface area contributed by atoms with Crippen LogP contribution < -0.4 is 0 Å². The van der Waals surface area contributed by atoms with Crippen molar-refractivity contribution < 1.29 is 4.79 Å². The van der Waals surface area contributed by atoms with Gasteiger partial charge in [-0.3, -0.25) is 5.01 Å². The molecule has 0 aromatic rings. The first-order valence-corrected chi connectivity index (χ1v) is 4.64. The molecule has 0 unspecified atom stereocenters. The smallest absolute Gasteiger partial charge is 0.120 e. The quantitative estimate of drug-likeness (QED) is 0.361. The minimum Gasteiger partial charge on any atom is -0.303 e. The summed E-state index contributed by atoms with van der Waals surface area (Å²) in [5, 5.41) is 6.36. The third-order valence-electron chi connectivity index (χ3n) is 1.99. The highest BCUT2D eigenvalue weighted by molar-refractivity contribution is 5.62. The Hall–Kier alpha value is -0.860. The molecule has 0 saturated carbocycles. The maximum Gasteiger partial charge on any atom is 0.120 e. The van der Waals surface area contributed by atoms with Crippen molar-refractivity contribution in [2.45, 2.75) is 32.1 Å². The van der Waals surface area contributed by atoms with Crippen molar-refractivity contribution in [3.05, 3.63) is 0 Å². The summed E-state index contributed by atoms with van der Waals surface area (Å²) < 4.78 is 0. The van der Waals surface area contributed by atoms with E-state index in [4.69, 9.17) is 0 Å². The van der Waals surface area contributed by atoms with Crippen molar-refractivity contribution in [3.8, 4) is 0 Å². The number of aldehydes is 1. The van der Waals surface area contributed by atoms with Gasteiger partial charge in [-0.05, 0) is 25.7 Å². The van der Waals surface area contributed by atoms with Crippen molar-refractivity contribution in [2.75, 3.05) is 13.1 Å². The van der Waals surface area contributed by atoms with Gasteiger partial charge in [0.25, 0.3) is 0 Å². The summed E-state index contributed by atoms with van der Waals surface area (Å²) in [4.78, 5) is 9.98. The van der Waals surface area contributed by atoms with E-state index >= 15 is 0 Å². The van der Waals surface area contributed by atoms with E-state index < -0.39 is 0 Å². The number of unbranched alkanes of at least 4 members (excludes halogenated alkanes) is 1. The predicted octanol–water partition coefficient (Wildman–Crippen LogP) is 1.44. The number of hydrogen-bond donors (Lipinski definition) is 0. The second-order valence-electron chi connectivity index (χ2n) is 3.06. The highest BCUT2D eigenvalue weighted by Crippen LogP contribution is 2.07. The van der Waals surface area contributed by atoms with Gasteiger partial charge in [-0.15, -0.1) is 0 Å². The van der Waals surface area contributed by atoms with Gasteiger partial charge in [0.15, 0.2) is 0 Å². The van der Waals surface area contributed by atoms with Crippen molar-refractivity contribution in [3.63, 3.8) is 0 Å². The Morgan fingerprint density at radius 1 is 1.17 bits per heavy atom. The van der Waals surface area contributed by atoms with Gasteiger partial charge in [-0.1, -0.05) is 0 Å². The molecule has 12 heavy (non-hydrogen) atoms. The van der Waals surface area contributed by atoms with E-state index in [2.05, 4.69) is 10.1 Å². The minimum absolute atomic E-state index is 0.595. The molecule has 0 bridgehead atoms. The van der Waals surface area contributed by atoms with E-state index in [1.807, 2.05) is 6.21 Å². The number of piperidine rings is 1. The molecule has 1 rings (SSSR count). The van der Waals surface area contributed by atoms with Gasteiger partial charge in [-0.2, -0.15) is 5.10 Å². The molecule has 68 valence electrons. The van der Waals surface area contributed by atoms with Gasteiger partial charge in [-0.25, -0.2) is 0 Å². The standard InChI is InChI=1S/C9H16N2O/c12-9-5-2-6-10-11-7-3-1-4-8-11/h6,9H,1-5,7-8H2/b10-6+. The molecule has 0 spiro atoms. The van der Waals surface area contributed by atoms with Crippen LogP contribution in [0.3, 0.4) is 0 Å². The van der Waals surface area contributed by atoms with Gasteiger partial charge < -0.3 is 4.79 Å². The van der Waals surface area contributed by atoms with Crippen molar-refractivity contribution in [2.24, 2.45) is 5.10 Å². The number of hydrogen-bond acceptors (Lipinski definition) is 3. The first-order chi connectivity index (χ1) is 5.93. The second-order valence-corrected chi connectivity index (χ2v) is 3.06. The normalized spacial score (nSPS) is 18.5. The number of carbonyl (C=O) groups is 1. The first-order valence-electron chi connectivity index (χ1n) is 4.64. The van der Waals surface area contributed by atoms with Crippen molar-refractivity contribution in [1.29, 1.82) is 0 Å². The number of carbonyl (C=O) groups excluding carboxylic acids is 1. The molecule has 1 heterocycles. The van der Waals surface area contributed by atoms with Gasteiger partial charge in [0.2, 0.25) is 0 Å². The molecule has 0 aromatic carbocycles. The highest BCUT2D eigenvalue weighted by atomic mass is 16.1. The average Bonchev–Trinajstić information content (AvgIpc) is 2.14. The van der Waals surface area contributed by atoms with Gasteiger partial charge in [0, 0.05) is 25.7 Å². The molecule has 1 fully saturated rings. The largest absolute Gasteiger partial charge is 0.303 e. The molecule has 0 amide bonds. The lowest BCUT2D eigenvalue weighted by Gasteiger charge is -2.23. The fourth-order valence-corrected chi connectivity index (χ4v) is 1.31. The van der Waals surface area contributed by atoms with E-state index in [-0.39, 0.29) is 0 Å². The van der Waals surface area contributed by atoms with Gasteiger partial charge in [0.05, 0.1) is 0 Å². The summed E-state index contributed by atoms with van der Waals surface area (Å²) in [5.41, 5.74) is 0. The molecular formula is C9H16N2O. The van der Waals surface area contributed by atoms with Gasteiger partial charge in [0.1, 0.15) is 6.29 Å². The molecule has 1 aliphatic heterocycles. The lowest BCUT2D eigenvalue weighted by Crippen LogP contribution is -2.24. The molecule has 1 aliphatic rings. The lowest BCUT2D eigenvalue weighted by molar-refractivity contribution is -0.107. The zero-order valence-corrected chi connectivity index (χ0v) is 7.41. The maximum atomic E-state index is 9.98. The monoisotopic (exact) mass is 168 g/mol. The zero-order valence-electron chi connectivity index (χ0n) is 7.41. The lowest BCUT2D eigenvalue weighted by atomic mass is 10.2. The molecule has 1 saturated heterocycles. The zero-order chi connectivity index (χ0) is 8.65. The van der Waals surface area contributed by atoms with Crippen molar-refractivity contribution in [1.82, 2.24) is 5.01 Å². The van der Waals surface area contributed by atoms with Crippen LogP contribution in [0.25, 0.3) is 0 Å². The SMILES string of the molecule is O=CCC/C=N/N1CCCCC1. The Kier molecular flexibility index (Phi) is 4.42. The van der Waals surface area contributed by atoms with E-state index in [1.165, 1.54) is 19.3 Å². The number of hydrazone groups is 1. The summed E-state index contributed by atoms with van der Waals surface area (Å²) in [6.07, 6.45) is 8.00. The molecular weight excluding hydrogens is 152 g/mol. The van der Waals surface area contributed by atoms with Crippen molar-refractivity contribution >= 4 is 12.5 Å². The van der Waals surface area contributed by atoms with Crippen LogP contribution in [0.2, 0.25) is 0 Å². The van der Waals surface area contributed by atoms with Crippen LogP contribution in [0, 0.1) is 0 Å². The maximum absolute atomic E-state index is 9.98. The summed E-state index contributed by atoms with van der Waals surface area (Å²) in [6, 6.07) is 0. The third kappa shape index (κ3) is 3.51. The second kappa shape index (κ2) is 5.75. The van der Waals surface area contributed by atoms with E-state index in [0.717, 1.165) is 25.8 Å². The average molecular weight is 168 g/mol. The van der Waals surface area contributed by atoms with Crippen LogP contribution in [0.5, 0.6) is 0 Å². The Morgan fingerprint density at radius 2 is 1.92 bits per heavy atom. The molecule has 0 radical (unpaired) electrons. The van der Waals surface area contributed by atoms with Crippen LogP contribution in [0.4, 0.5) is 0 Å². The summed E-state index contributed by atoms with van der Waals surface area (Å²) in [6.45, 7) is 2.16. The Morgan fingerprint density at radius 3 is 2.58 bits per heavy atom. The molecule has 0 atom stereocenters. The Balaban J connectivity index is 2.10. The number of nitrogens with zero attached hydrogens (tertiary/aromatic N) is 2. The first kappa shape index (κ1) is 9.23. The minimum atomic E-state index is 0.595. The van der Waals surface area contributed by atoms with Crippen LogP contribution >= 0.6 is 0 Å². The topological polar surface area (TPSA) is 32.7 Å². The Labute approximate surface area is 73.4 Å².